The molecule has 0 aliphatic rings. The quantitative estimate of drug-likeness (QED) is 0.784. The lowest BCUT2D eigenvalue weighted by molar-refractivity contribution is 1.04. The van der Waals surface area contributed by atoms with E-state index in [1.807, 2.05) is 19.2 Å². The molecule has 0 aromatic carbocycles. The zero-order valence-electron chi connectivity index (χ0n) is 8.29. The molecule has 4 nitrogen and oxygen atoms in total. The molecule has 0 aliphatic carbocycles. The molecule has 0 bridgehead atoms. The largest absolute Gasteiger partial charge is 0.380 e. The predicted octanol–water partition coefficient (Wildman–Crippen LogP) is 2.38. The first-order valence-corrected chi connectivity index (χ1v) is 4.98. The molecule has 0 radical (unpaired) electrons. The van der Waals surface area contributed by atoms with Crippen LogP contribution in [0.2, 0.25) is 5.15 Å². The van der Waals surface area contributed by atoms with Crippen LogP contribution in [0.1, 0.15) is 11.3 Å². The molecule has 0 saturated heterocycles. The van der Waals surface area contributed by atoms with Crippen molar-refractivity contribution in [3.63, 3.8) is 0 Å². The van der Waals surface area contributed by atoms with Crippen LogP contribution in [0, 0.1) is 6.92 Å². The van der Waals surface area contributed by atoms with E-state index >= 15 is 0 Å². The molecular weight excluding hydrogens is 212 g/mol. The van der Waals surface area contributed by atoms with Crippen molar-refractivity contribution in [2.75, 3.05) is 5.32 Å². The SMILES string of the molecule is Cc1[nH]ncc1CNc1ccc(Cl)nc1. The highest BCUT2D eigenvalue weighted by atomic mass is 35.5. The molecule has 78 valence electrons. The monoisotopic (exact) mass is 222 g/mol. The number of aromatic nitrogens is 3. The van der Waals surface area contributed by atoms with Crippen LogP contribution in [0.25, 0.3) is 0 Å². The number of pyridine rings is 1. The molecule has 0 saturated carbocycles. The molecule has 0 spiro atoms. The van der Waals surface area contributed by atoms with Crippen LogP contribution < -0.4 is 5.32 Å². The zero-order valence-corrected chi connectivity index (χ0v) is 9.04. The molecule has 15 heavy (non-hydrogen) atoms. The third-order valence-corrected chi connectivity index (χ3v) is 2.37. The fourth-order valence-electron chi connectivity index (χ4n) is 1.23. The second-order valence-electron chi connectivity index (χ2n) is 3.24. The Morgan fingerprint density at radius 1 is 1.40 bits per heavy atom. The molecule has 2 aromatic heterocycles. The van der Waals surface area contributed by atoms with Crippen molar-refractivity contribution in [1.29, 1.82) is 0 Å². The number of nitrogens with one attached hydrogen (secondary N) is 2. The van der Waals surface area contributed by atoms with Crippen LogP contribution >= 0.6 is 11.6 Å². The molecule has 2 N–H and O–H groups in total. The number of hydrogen-bond acceptors (Lipinski definition) is 3. The molecule has 0 atom stereocenters. The minimum Gasteiger partial charge on any atom is -0.380 e. The first-order valence-electron chi connectivity index (χ1n) is 4.60. The van der Waals surface area contributed by atoms with E-state index < -0.39 is 0 Å². The van der Waals surface area contributed by atoms with E-state index in [-0.39, 0.29) is 0 Å². The van der Waals surface area contributed by atoms with E-state index in [9.17, 15) is 0 Å². The number of aryl methyl sites for hydroxylation is 1. The summed E-state index contributed by atoms with van der Waals surface area (Å²) in [6.07, 6.45) is 3.52. The van der Waals surface area contributed by atoms with Gasteiger partial charge in [-0.3, -0.25) is 5.10 Å². The molecule has 2 heterocycles. The van der Waals surface area contributed by atoms with Crippen molar-refractivity contribution < 1.29 is 0 Å². The van der Waals surface area contributed by atoms with Gasteiger partial charge in [0.1, 0.15) is 5.15 Å². The zero-order chi connectivity index (χ0) is 10.7. The van der Waals surface area contributed by atoms with Crippen molar-refractivity contribution in [2.45, 2.75) is 13.5 Å². The third kappa shape index (κ3) is 2.47. The summed E-state index contributed by atoms with van der Waals surface area (Å²) in [6.45, 7) is 2.72. The molecule has 5 heteroatoms. The van der Waals surface area contributed by atoms with E-state index in [1.54, 1.807) is 12.3 Å². The van der Waals surface area contributed by atoms with Gasteiger partial charge in [0, 0.05) is 17.8 Å². The summed E-state index contributed by atoms with van der Waals surface area (Å²) in [5.41, 5.74) is 3.16. The van der Waals surface area contributed by atoms with Crippen molar-refractivity contribution in [2.24, 2.45) is 0 Å². The van der Waals surface area contributed by atoms with Gasteiger partial charge in [0.25, 0.3) is 0 Å². The van der Waals surface area contributed by atoms with Gasteiger partial charge in [-0.05, 0) is 19.1 Å². The topological polar surface area (TPSA) is 53.6 Å². The minimum absolute atomic E-state index is 0.500. The summed E-state index contributed by atoms with van der Waals surface area (Å²) in [7, 11) is 0. The highest BCUT2D eigenvalue weighted by molar-refractivity contribution is 6.29. The van der Waals surface area contributed by atoms with Gasteiger partial charge in [-0.2, -0.15) is 5.10 Å². The highest BCUT2D eigenvalue weighted by Crippen LogP contribution is 2.11. The molecule has 2 rings (SSSR count). The lowest BCUT2D eigenvalue weighted by Crippen LogP contribution is -1.99. The van der Waals surface area contributed by atoms with Gasteiger partial charge < -0.3 is 5.32 Å². The smallest absolute Gasteiger partial charge is 0.129 e. The van der Waals surface area contributed by atoms with E-state index in [4.69, 9.17) is 11.6 Å². The fraction of sp³-hybridized carbons (Fsp3) is 0.200. The average molecular weight is 223 g/mol. The summed E-state index contributed by atoms with van der Waals surface area (Å²) in [5, 5.41) is 10.6. The first-order chi connectivity index (χ1) is 7.25. The van der Waals surface area contributed by atoms with Crippen LogP contribution in [0.5, 0.6) is 0 Å². The Kier molecular flexibility index (Phi) is 2.87. The van der Waals surface area contributed by atoms with E-state index in [0.717, 1.165) is 23.5 Å². The predicted molar refractivity (Wildman–Crippen MR) is 59.9 cm³/mol. The van der Waals surface area contributed by atoms with Crippen LogP contribution in [-0.4, -0.2) is 15.2 Å². The Hall–Kier alpha value is -1.55. The van der Waals surface area contributed by atoms with Crippen LogP contribution in [0.15, 0.2) is 24.5 Å². The minimum atomic E-state index is 0.500. The molecule has 0 unspecified atom stereocenters. The second kappa shape index (κ2) is 4.31. The maximum Gasteiger partial charge on any atom is 0.129 e. The molecule has 0 amide bonds. The number of rotatable bonds is 3. The standard InChI is InChI=1S/C10H11ClN4/c1-7-8(5-14-15-7)4-12-9-2-3-10(11)13-6-9/h2-3,5-6,12H,4H2,1H3,(H,14,15). The van der Waals surface area contributed by atoms with Gasteiger partial charge >= 0.3 is 0 Å². The molecule has 0 aliphatic heterocycles. The third-order valence-electron chi connectivity index (χ3n) is 2.14. The summed E-state index contributed by atoms with van der Waals surface area (Å²) in [5.74, 6) is 0. The van der Waals surface area contributed by atoms with E-state index in [2.05, 4.69) is 20.5 Å². The van der Waals surface area contributed by atoms with Crippen LogP contribution in [0.4, 0.5) is 5.69 Å². The summed E-state index contributed by atoms with van der Waals surface area (Å²) in [6, 6.07) is 3.65. The van der Waals surface area contributed by atoms with Crippen molar-refractivity contribution in [3.8, 4) is 0 Å². The van der Waals surface area contributed by atoms with Gasteiger partial charge in [-0.1, -0.05) is 11.6 Å². The van der Waals surface area contributed by atoms with Gasteiger partial charge in [0.15, 0.2) is 0 Å². The second-order valence-corrected chi connectivity index (χ2v) is 3.63. The lowest BCUT2D eigenvalue weighted by atomic mass is 10.2. The normalized spacial score (nSPS) is 10.3. The number of H-pyrrole nitrogens is 1. The molecule has 2 aromatic rings. The van der Waals surface area contributed by atoms with Gasteiger partial charge in [0.2, 0.25) is 0 Å². The Labute approximate surface area is 92.7 Å². The Balaban J connectivity index is 1.99. The van der Waals surface area contributed by atoms with Gasteiger partial charge in [0.05, 0.1) is 18.1 Å². The van der Waals surface area contributed by atoms with E-state index in [0.29, 0.717) is 5.15 Å². The summed E-state index contributed by atoms with van der Waals surface area (Å²) < 4.78 is 0. The maximum absolute atomic E-state index is 5.68. The first kappa shape index (κ1) is 9.98. The maximum atomic E-state index is 5.68. The summed E-state index contributed by atoms with van der Waals surface area (Å²) >= 11 is 5.68. The number of hydrogen-bond donors (Lipinski definition) is 2. The fourth-order valence-corrected chi connectivity index (χ4v) is 1.34. The average Bonchev–Trinajstić information content (AvgIpc) is 2.63. The van der Waals surface area contributed by atoms with Crippen molar-refractivity contribution in [1.82, 2.24) is 15.2 Å². The van der Waals surface area contributed by atoms with Gasteiger partial charge in [-0.15, -0.1) is 0 Å². The van der Waals surface area contributed by atoms with Crippen molar-refractivity contribution >= 4 is 17.3 Å². The van der Waals surface area contributed by atoms with Crippen molar-refractivity contribution in [3.05, 3.63) is 40.9 Å². The highest BCUT2D eigenvalue weighted by Gasteiger charge is 1.99. The molecule has 0 fully saturated rings. The molecular formula is C10H11ClN4. The Bertz CT molecular complexity index is 435. The number of halogens is 1. The van der Waals surface area contributed by atoms with Gasteiger partial charge in [-0.25, -0.2) is 4.98 Å². The Morgan fingerprint density at radius 3 is 2.87 bits per heavy atom. The number of aromatic amines is 1. The lowest BCUT2D eigenvalue weighted by Gasteiger charge is -2.04. The van der Waals surface area contributed by atoms with E-state index in [1.165, 1.54) is 0 Å². The number of nitrogens with zero attached hydrogens (tertiary/aromatic N) is 2. The van der Waals surface area contributed by atoms with Crippen LogP contribution in [-0.2, 0) is 6.54 Å². The Morgan fingerprint density at radius 2 is 2.27 bits per heavy atom. The number of anilines is 1. The van der Waals surface area contributed by atoms with Crippen LogP contribution in [0.3, 0.4) is 0 Å². The summed E-state index contributed by atoms with van der Waals surface area (Å²) in [4.78, 5) is 3.98.